The van der Waals surface area contributed by atoms with E-state index in [0.29, 0.717) is 5.82 Å². The smallest absolute Gasteiger partial charge is 0.160 e. The highest BCUT2D eigenvalue weighted by Gasteiger charge is 2.19. The van der Waals surface area contributed by atoms with E-state index < -0.39 is 0 Å². The van der Waals surface area contributed by atoms with E-state index in [4.69, 9.17) is 15.0 Å². The second-order valence-electron chi connectivity index (χ2n) is 13.1. The lowest BCUT2D eigenvalue weighted by Gasteiger charge is -2.14. The van der Waals surface area contributed by atoms with Gasteiger partial charge in [0.05, 0.1) is 22.6 Å². The van der Waals surface area contributed by atoms with E-state index in [1.807, 2.05) is 28.7 Å². The number of hydrogen-bond acceptors (Lipinski definition) is 5. The van der Waals surface area contributed by atoms with Gasteiger partial charge in [0.25, 0.3) is 0 Å². The maximum atomic E-state index is 5.37. The maximum absolute atomic E-state index is 5.37. The second kappa shape index (κ2) is 11.6. The molecule has 7 aromatic carbocycles. The van der Waals surface area contributed by atoms with E-state index in [1.165, 1.54) is 45.7 Å². The van der Waals surface area contributed by atoms with Crippen LogP contribution in [0.1, 0.15) is 0 Å². The molecule has 5 heteroatoms. The zero-order valence-electron chi connectivity index (χ0n) is 27.7. The molecule has 0 fully saturated rings. The monoisotopic (exact) mass is 697 g/mol. The van der Waals surface area contributed by atoms with Gasteiger partial charge in [-0.05, 0) is 48.5 Å². The molecule has 0 spiro atoms. The summed E-state index contributed by atoms with van der Waals surface area (Å²) in [4.78, 5) is 16.0. The van der Waals surface area contributed by atoms with Gasteiger partial charge in [-0.15, -0.1) is 22.7 Å². The van der Waals surface area contributed by atoms with Gasteiger partial charge in [0.15, 0.2) is 5.82 Å². The van der Waals surface area contributed by atoms with Crippen molar-refractivity contribution in [1.29, 1.82) is 0 Å². The summed E-state index contributed by atoms with van der Waals surface area (Å²) in [5.74, 6) is 0.692. The van der Waals surface area contributed by atoms with Gasteiger partial charge in [0.2, 0.25) is 0 Å². The minimum absolute atomic E-state index is 0.692. The average molecular weight is 698 g/mol. The third-order valence-corrected chi connectivity index (χ3v) is 12.3. The van der Waals surface area contributed by atoms with E-state index in [1.54, 1.807) is 0 Å². The summed E-state index contributed by atoms with van der Waals surface area (Å²) in [5.41, 5.74) is 7.99. The molecule has 0 radical (unpaired) electrons. The fourth-order valence-electron chi connectivity index (χ4n) is 7.72. The summed E-state index contributed by atoms with van der Waals surface area (Å²) >= 11 is 3.67. The van der Waals surface area contributed by atoms with E-state index >= 15 is 0 Å². The molecule has 52 heavy (non-hydrogen) atoms. The van der Waals surface area contributed by atoms with Gasteiger partial charge >= 0.3 is 0 Å². The molecule has 242 valence electrons. The highest BCUT2D eigenvalue weighted by Crippen LogP contribution is 2.45. The second-order valence-corrected chi connectivity index (χ2v) is 15.3. The Hall–Kier alpha value is -6.27. The average Bonchev–Trinajstić information content (AvgIpc) is 3.79. The summed E-state index contributed by atoms with van der Waals surface area (Å²) < 4.78 is 5.08. The first kappa shape index (κ1) is 29.5. The summed E-state index contributed by atoms with van der Waals surface area (Å²) in [7, 11) is 0. The van der Waals surface area contributed by atoms with Crippen molar-refractivity contribution in [3.63, 3.8) is 0 Å². The Balaban J connectivity index is 1.21. The molecule has 0 bridgehead atoms. The van der Waals surface area contributed by atoms with Crippen LogP contribution in [0, 0.1) is 0 Å². The van der Waals surface area contributed by atoms with Gasteiger partial charge in [-0.3, -0.25) is 0 Å². The zero-order chi connectivity index (χ0) is 34.2. The number of pyridine rings is 1. The Bertz CT molecular complexity index is 3180. The Kier molecular flexibility index (Phi) is 6.59. The first-order valence-electron chi connectivity index (χ1n) is 17.4. The molecule has 4 heterocycles. The van der Waals surface area contributed by atoms with Crippen LogP contribution in [-0.2, 0) is 0 Å². The summed E-state index contributed by atoms with van der Waals surface area (Å²) in [5, 5.41) is 8.49. The summed E-state index contributed by atoms with van der Waals surface area (Å²) in [6.45, 7) is 0. The third kappa shape index (κ3) is 4.60. The third-order valence-electron chi connectivity index (χ3n) is 10.1. The quantitative estimate of drug-likeness (QED) is 0.172. The van der Waals surface area contributed by atoms with Gasteiger partial charge in [0.1, 0.15) is 0 Å². The molecule has 11 rings (SSSR count). The molecule has 0 aliphatic carbocycles. The molecule has 0 aliphatic rings. The largest absolute Gasteiger partial charge is 0.247 e. The van der Waals surface area contributed by atoms with E-state index in [0.717, 1.165) is 55.6 Å². The van der Waals surface area contributed by atoms with Gasteiger partial charge < -0.3 is 0 Å². The molecule has 11 aromatic rings. The highest BCUT2D eigenvalue weighted by atomic mass is 32.1. The van der Waals surface area contributed by atoms with Gasteiger partial charge in [-0.25, -0.2) is 15.0 Å². The lowest BCUT2D eigenvalue weighted by molar-refractivity contribution is 1.19. The number of benzene rings is 7. The fraction of sp³-hybridized carbons (Fsp3) is 0. The SMILES string of the molecule is c1ccc(-c2cc(-c3cccc4sc5ccccc5c34)nc(-c3ccc4nc(-c5ccccc5)c5ccc6sc7ccccc7c6c5c4c3)n2)cc1. The molecule has 0 saturated carbocycles. The highest BCUT2D eigenvalue weighted by molar-refractivity contribution is 7.26. The topological polar surface area (TPSA) is 38.7 Å². The molecule has 0 atom stereocenters. The standard InChI is InChI=1S/C47H27N3S2/c1-3-12-28(13-4-1)37-27-38(31-18-11-21-41-43(31)32-16-7-9-19-39(32)51-41)50-47(49-37)30-22-24-36-35(26-30)44-34(46(48-36)29-14-5-2-6-15-29)23-25-42-45(44)33-17-8-10-20-40(33)52-42/h1-27H. The Morgan fingerprint density at radius 2 is 0.981 bits per heavy atom. The lowest BCUT2D eigenvalue weighted by Crippen LogP contribution is -1.97. The van der Waals surface area contributed by atoms with Gasteiger partial charge in [0, 0.05) is 78.8 Å². The molecule has 0 saturated heterocycles. The first-order chi connectivity index (χ1) is 25.8. The lowest BCUT2D eigenvalue weighted by atomic mass is 9.95. The van der Waals surface area contributed by atoms with Crippen LogP contribution in [0.15, 0.2) is 164 Å². The predicted octanol–water partition coefficient (Wildman–Crippen LogP) is 13.6. The minimum atomic E-state index is 0.692. The summed E-state index contributed by atoms with van der Waals surface area (Å²) in [6, 6.07) is 58.1. The Morgan fingerprint density at radius 1 is 0.346 bits per heavy atom. The van der Waals surface area contributed by atoms with E-state index in [-0.39, 0.29) is 0 Å². The molecule has 0 amide bonds. The van der Waals surface area contributed by atoms with E-state index in [9.17, 15) is 0 Å². The molecule has 4 aromatic heterocycles. The maximum Gasteiger partial charge on any atom is 0.160 e. The zero-order valence-corrected chi connectivity index (χ0v) is 29.4. The Morgan fingerprint density at radius 3 is 1.75 bits per heavy atom. The van der Waals surface area contributed by atoms with Crippen LogP contribution in [0.5, 0.6) is 0 Å². The number of aromatic nitrogens is 3. The van der Waals surface area contributed by atoms with Crippen molar-refractivity contribution in [3.05, 3.63) is 164 Å². The van der Waals surface area contributed by atoms with Crippen molar-refractivity contribution in [2.45, 2.75) is 0 Å². The van der Waals surface area contributed by atoms with Crippen molar-refractivity contribution < 1.29 is 0 Å². The van der Waals surface area contributed by atoms with Crippen LogP contribution in [0.2, 0.25) is 0 Å². The van der Waals surface area contributed by atoms with Crippen molar-refractivity contribution in [3.8, 4) is 45.2 Å². The molecule has 0 aliphatic heterocycles. The van der Waals surface area contributed by atoms with Crippen LogP contribution < -0.4 is 0 Å². The van der Waals surface area contributed by atoms with Crippen molar-refractivity contribution in [1.82, 2.24) is 15.0 Å². The predicted molar refractivity (Wildman–Crippen MR) is 222 cm³/mol. The fourth-order valence-corrected chi connectivity index (χ4v) is 9.97. The van der Waals surface area contributed by atoms with Crippen molar-refractivity contribution in [2.24, 2.45) is 0 Å². The molecule has 0 N–H and O–H groups in total. The summed E-state index contributed by atoms with van der Waals surface area (Å²) in [6.07, 6.45) is 0. The van der Waals surface area contributed by atoms with Crippen LogP contribution in [0.4, 0.5) is 0 Å². The molecule has 0 unspecified atom stereocenters. The number of rotatable bonds is 4. The van der Waals surface area contributed by atoms with Crippen LogP contribution >= 0.6 is 22.7 Å². The number of thiophene rings is 2. The first-order valence-corrected chi connectivity index (χ1v) is 19.0. The van der Waals surface area contributed by atoms with Crippen molar-refractivity contribution in [2.75, 3.05) is 0 Å². The molecular formula is C47H27N3S2. The van der Waals surface area contributed by atoms with Crippen LogP contribution in [-0.4, -0.2) is 15.0 Å². The number of nitrogens with zero attached hydrogens (tertiary/aromatic N) is 3. The van der Waals surface area contributed by atoms with Gasteiger partial charge in [-0.2, -0.15) is 0 Å². The number of hydrogen-bond donors (Lipinski definition) is 0. The number of fused-ring (bicyclic) bond motifs is 10. The molecular weight excluding hydrogens is 671 g/mol. The van der Waals surface area contributed by atoms with Crippen LogP contribution in [0.25, 0.3) is 107 Å². The normalized spacial score (nSPS) is 11.8. The van der Waals surface area contributed by atoms with Gasteiger partial charge in [-0.1, -0.05) is 115 Å². The Labute approximate surface area is 307 Å². The minimum Gasteiger partial charge on any atom is -0.247 e. The van der Waals surface area contributed by atoms with Crippen molar-refractivity contribution >= 4 is 84.7 Å². The van der Waals surface area contributed by atoms with Crippen LogP contribution in [0.3, 0.4) is 0 Å². The van der Waals surface area contributed by atoms with E-state index in [2.05, 4.69) is 158 Å². The molecule has 3 nitrogen and oxygen atoms in total.